The molecule has 4 rings (SSSR count). The smallest absolute Gasteiger partial charge is 0.258 e. The van der Waals surface area contributed by atoms with Gasteiger partial charge in [0, 0.05) is 36.1 Å². The summed E-state index contributed by atoms with van der Waals surface area (Å²) in [5.74, 6) is -0.390. The Morgan fingerprint density at radius 3 is 2.50 bits per heavy atom. The fourth-order valence-corrected chi connectivity index (χ4v) is 6.57. The highest BCUT2D eigenvalue weighted by Gasteiger charge is 2.35. The molecular formula is C29H38ClN3O6S. The van der Waals surface area contributed by atoms with Gasteiger partial charge in [0.05, 0.1) is 29.7 Å². The Balaban J connectivity index is 1.62. The zero-order valence-corrected chi connectivity index (χ0v) is 24.7. The second kappa shape index (κ2) is 12.9. The number of hydrogen-bond donors (Lipinski definition) is 2. The lowest BCUT2D eigenvalue weighted by molar-refractivity contribution is -0.120. The van der Waals surface area contributed by atoms with E-state index in [1.54, 1.807) is 30.0 Å². The summed E-state index contributed by atoms with van der Waals surface area (Å²) in [6, 6.07) is 10.4. The summed E-state index contributed by atoms with van der Waals surface area (Å²) in [5, 5.41) is 13.3. The van der Waals surface area contributed by atoms with Crippen molar-refractivity contribution in [1.82, 2.24) is 9.21 Å². The molecule has 1 heterocycles. The van der Waals surface area contributed by atoms with Crippen LogP contribution in [0.15, 0.2) is 47.4 Å². The predicted octanol–water partition coefficient (Wildman–Crippen LogP) is 4.40. The summed E-state index contributed by atoms with van der Waals surface area (Å²) in [4.78, 5) is 28.2. The number of carbonyl (C=O) groups excluding carboxylic acids is 2. The summed E-state index contributed by atoms with van der Waals surface area (Å²) in [6.45, 7) is 3.69. The number of aliphatic hydroxyl groups excluding tert-OH is 1. The number of nitrogens with one attached hydrogen (secondary N) is 1. The van der Waals surface area contributed by atoms with Gasteiger partial charge < -0.3 is 20.1 Å². The number of halogens is 1. The lowest BCUT2D eigenvalue weighted by Gasteiger charge is -2.38. The molecule has 1 aliphatic carbocycles. The summed E-state index contributed by atoms with van der Waals surface area (Å²) in [7, 11) is -2.34. The van der Waals surface area contributed by atoms with Crippen LogP contribution in [0.4, 0.5) is 5.69 Å². The zero-order valence-electron chi connectivity index (χ0n) is 23.2. The molecule has 0 radical (unpaired) electrons. The second-order valence-electron chi connectivity index (χ2n) is 10.9. The van der Waals surface area contributed by atoms with Crippen molar-refractivity contribution in [1.29, 1.82) is 0 Å². The van der Waals surface area contributed by atoms with Crippen LogP contribution in [0.1, 0.15) is 56.3 Å². The van der Waals surface area contributed by atoms with Gasteiger partial charge in [-0.25, -0.2) is 8.42 Å². The Kier molecular flexibility index (Phi) is 9.76. The van der Waals surface area contributed by atoms with Crippen molar-refractivity contribution >= 4 is 39.1 Å². The van der Waals surface area contributed by atoms with Gasteiger partial charge in [-0.2, -0.15) is 4.31 Å². The molecule has 0 aromatic heterocycles. The van der Waals surface area contributed by atoms with Gasteiger partial charge in [-0.1, -0.05) is 37.8 Å². The number of amides is 2. The Morgan fingerprint density at radius 1 is 1.18 bits per heavy atom. The molecule has 9 nitrogen and oxygen atoms in total. The van der Waals surface area contributed by atoms with Gasteiger partial charge in [-0.05, 0) is 62.2 Å². The van der Waals surface area contributed by atoms with Crippen molar-refractivity contribution in [2.24, 2.45) is 11.8 Å². The van der Waals surface area contributed by atoms with E-state index in [1.165, 1.54) is 35.6 Å². The number of benzene rings is 2. The van der Waals surface area contributed by atoms with Crippen LogP contribution in [0.5, 0.6) is 5.75 Å². The fourth-order valence-electron chi connectivity index (χ4n) is 5.27. The standard InChI is InChI=1S/C29H38ClN3O6S/c1-19-16-33(20(2)18-34)29(36)25-15-23(31-28(35)21-7-5-4-6-8-21)11-14-26(25)39-27(19)17-32(3)40(37,38)24-12-9-22(30)10-13-24/h9-15,19-21,27,34H,4-8,16-18H2,1-3H3,(H,31,35)/t19-,20-,27-/m1/s1. The minimum atomic E-state index is -3.83. The van der Waals surface area contributed by atoms with Crippen LogP contribution in [-0.2, 0) is 14.8 Å². The van der Waals surface area contributed by atoms with Crippen LogP contribution in [-0.4, -0.2) is 73.4 Å². The number of ether oxygens (including phenoxy) is 1. The van der Waals surface area contributed by atoms with Crippen molar-refractivity contribution in [3.63, 3.8) is 0 Å². The van der Waals surface area contributed by atoms with Gasteiger partial charge in [-0.3, -0.25) is 9.59 Å². The fraction of sp³-hybridized carbons (Fsp3) is 0.517. The van der Waals surface area contributed by atoms with Crippen LogP contribution < -0.4 is 10.1 Å². The molecule has 2 aromatic carbocycles. The third-order valence-corrected chi connectivity index (χ3v) is 9.96. The van der Waals surface area contributed by atoms with Gasteiger partial charge in [0.15, 0.2) is 0 Å². The number of nitrogens with zero attached hydrogens (tertiary/aromatic N) is 2. The van der Waals surface area contributed by atoms with Crippen molar-refractivity contribution < 1.29 is 27.9 Å². The average Bonchev–Trinajstić information content (AvgIpc) is 2.95. The minimum Gasteiger partial charge on any atom is -0.488 e. The highest BCUT2D eigenvalue weighted by molar-refractivity contribution is 7.89. The van der Waals surface area contributed by atoms with E-state index in [0.717, 1.165) is 32.1 Å². The molecule has 2 amide bonds. The molecule has 2 aromatic rings. The van der Waals surface area contributed by atoms with Crippen LogP contribution >= 0.6 is 11.6 Å². The van der Waals surface area contributed by atoms with Crippen molar-refractivity contribution in [2.75, 3.05) is 32.1 Å². The van der Waals surface area contributed by atoms with E-state index in [4.69, 9.17) is 16.3 Å². The summed E-state index contributed by atoms with van der Waals surface area (Å²) in [5.41, 5.74) is 0.748. The van der Waals surface area contributed by atoms with Crippen LogP contribution in [0, 0.1) is 11.8 Å². The van der Waals surface area contributed by atoms with Crippen molar-refractivity contribution in [2.45, 2.75) is 63.0 Å². The monoisotopic (exact) mass is 591 g/mol. The first kappa shape index (κ1) is 30.3. The van der Waals surface area contributed by atoms with Gasteiger partial charge in [-0.15, -0.1) is 0 Å². The molecule has 0 spiro atoms. The number of anilines is 1. The lowest BCUT2D eigenvalue weighted by atomic mass is 9.88. The third-order valence-electron chi connectivity index (χ3n) is 7.87. The van der Waals surface area contributed by atoms with Crippen LogP contribution in [0.2, 0.25) is 5.02 Å². The lowest BCUT2D eigenvalue weighted by Crippen LogP contribution is -2.50. The maximum atomic E-state index is 13.7. The third kappa shape index (κ3) is 6.79. The first-order valence-electron chi connectivity index (χ1n) is 13.8. The molecule has 3 atom stereocenters. The molecule has 40 heavy (non-hydrogen) atoms. The molecule has 1 saturated carbocycles. The zero-order chi connectivity index (χ0) is 29.0. The maximum absolute atomic E-state index is 13.7. The number of likely N-dealkylation sites (N-methyl/N-ethyl adjacent to an activating group) is 1. The van der Waals surface area contributed by atoms with E-state index >= 15 is 0 Å². The first-order chi connectivity index (χ1) is 19.0. The molecule has 0 bridgehead atoms. The molecule has 1 aliphatic heterocycles. The SMILES string of the molecule is C[C@@H]1CN([C@H](C)CO)C(=O)c2cc(NC(=O)C3CCCCC3)ccc2O[C@@H]1CN(C)S(=O)(=O)c1ccc(Cl)cc1. The molecule has 218 valence electrons. The van der Waals surface area contributed by atoms with E-state index in [2.05, 4.69) is 5.32 Å². The first-order valence-corrected chi connectivity index (χ1v) is 15.6. The number of aliphatic hydroxyl groups is 1. The van der Waals surface area contributed by atoms with Crippen molar-refractivity contribution in [3.8, 4) is 5.75 Å². The van der Waals surface area contributed by atoms with Gasteiger partial charge in [0.25, 0.3) is 5.91 Å². The molecular weight excluding hydrogens is 554 g/mol. The maximum Gasteiger partial charge on any atom is 0.258 e. The Bertz CT molecular complexity index is 1310. The second-order valence-corrected chi connectivity index (χ2v) is 13.4. The van der Waals surface area contributed by atoms with E-state index < -0.39 is 22.2 Å². The van der Waals surface area contributed by atoms with Gasteiger partial charge in [0.2, 0.25) is 15.9 Å². The quantitative estimate of drug-likeness (QED) is 0.470. The summed E-state index contributed by atoms with van der Waals surface area (Å²) < 4.78 is 34.1. The number of carbonyl (C=O) groups is 2. The highest BCUT2D eigenvalue weighted by atomic mass is 35.5. The molecule has 2 N–H and O–H groups in total. The normalized spacial score (nSPS) is 21.2. The summed E-state index contributed by atoms with van der Waals surface area (Å²) in [6.07, 6.45) is 4.31. The summed E-state index contributed by atoms with van der Waals surface area (Å²) >= 11 is 5.94. The molecule has 2 aliphatic rings. The van der Waals surface area contributed by atoms with E-state index in [-0.39, 0.29) is 53.8 Å². The number of fused-ring (bicyclic) bond motifs is 1. The van der Waals surface area contributed by atoms with Crippen LogP contribution in [0.25, 0.3) is 0 Å². The largest absolute Gasteiger partial charge is 0.488 e. The Labute approximate surface area is 241 Å². The van der Waals surface area contributed by atoms with E-state index in [1.807, 2.05) is 6.92 Å². The van der Waals surface area contributed by atoms with Gasteiger partial charge in [0.1, 0.15) is 11.9 Å². The predicted molar refractivity (Wildman–Crippen MR) is 154 cm³/mol. The Hall–Kier alpha value is -2.66. The number of sulfonamides is 1. The highest BCUT2D eigenvalue weighted by Crippen LogP contribution is 2.32. The van der Waals surface area contributed by atoms with Crippen LogP contribution in [0.3, 0.4) is 0 Å². The molecule has 1 fully saturated rings. The van der Waals surface area contributed by atoms with E-state index in [9.17, 15) is 23.1 Å². The number of hydrogen-bond acceptors (Lipinski definition) is 6. The Morgan fingerprint density at radius 2 is 1.85 bits per heavy atom. The molecule has 0 unspecified atom stereocenters. The van der Waals surface area contributed by atoms with Gasteiger partial charge >= 0.3 is 0 Å². The number of rotatable bonds is 8. The van der Waals surface area contributed by atoms with Crippen molar-refractivity contribution in [3.05, 3.63) is 53.1 Å². The molecule has 0 saturated heterocycles. The average molecular weight is 592 g/mol. The topological polar surface area (TPSA) is 116 Å². The molecule has 11 heteroatoms. The minimum absolute atomic E-state index is 0.0290. The van der Waals surface area contributed by atoms with E-state index in [0.29, 0.717) is 16.5 Å².